The van der Waals surface area contributed by atoms with E-state index >= 15 is 0 Å². The van der Waals surface area contributed by atoms with Crippen molar-refractivity contribution < 1.29 is 14.3 Å². The second-order valence-corrected chi connectivity index (χ2v) is 3.80. The third-order valence-electron chi connectivity index (χ3n) is 2.42. The summed E-state index contributed by atoms with van der Waals surface area (Å²) in [5, 5.41) is 0. The smallest absolute Gasteiger partial charge is 0.343 e. The number of benzene rings is 2. The predicted octanol–water partition coefficient (Wildman–Crippen LogP) is 3.09. The summed E-state index contributed by atoms with van der Waals surface area (Å²) in [5.41, 5.74) is 0.501. The molecule has 0 atom stereocenters. The number of hydrogen-bond donors (Lipinski definition) is 0. The standard InChI is InChI=1S/C16H14O3.Na/c1-2-12-18-14-10-6-7-11-15(14)19-16(17)13-8-4-3-5-9-13;/h2-11H,1,12H2;. The van der Waals surface area contributed by atoms with Crippen LogP contribution in [0.25, 0.3) is 0 Å². The second kappa shape index (κ2) is 8.59. The van der Waals surface area contributed by atoms with Crippen molar-refractivity contribution in [3.63, 3.8) is 0 Å². The first-order chi connectivity index (χ1) is 9.31. The zero-order valence-corrected chi connectivity index (χ0v) is 13.4. The normalized spacial score (nSPS) is 9.20. The predicted molar refractivity (Wildman–Crippen MR) is 79.3 cm³/mol. The van der Waals surface area contributed by atoms with E-state index in [1.165, 1.54) is 0 Å². The van der Waals surface area contributed by atoms with Crippen LogP contribution >= 0.6 is 0 Å². The Kier molecular flexibility index (Phi) is 7.09. The van der Waals surface area contributed by atoms with Gasteiger partial charge in [0.25, 0.3) is 0 Å². The van der Waals surface area contributed by atoms with Crippen molar-refractivity contribution in [1.29, 1.82) is 0 Å². The van der Waals surface area contributed by atoms with Crippen molar-refractivity contribution in [2.75, 3.05) is 6.61 Å². The van der Waals surface area contributed by atoms with E-state index in [9.17, 15) is 4.79 Å². The van der Waals surface area contributed by atoms with Crippen LogP contribution in [-0.4, -0.2) is 42.1 Å². The Morgan fingerprint density at radius 3 is 2.25 bits per heavy atom. The molecule has 0 aliphatic carbocycles. The molecule has 4 heteroatoms. The van der Waals surface area contributed by atoms with Gasteiger partial charge in [0.05, 0.1) is 5.56 Å². The molecule has 20 heavy (non-hydrogen) atoms. The second-order valence-electron chi connectivity index (χ2n) is 3.80. The number of carbonyl (C=O) groups excluding carboxylic acids is 1. The van der Waals surface area contributed by atoms with Gasteiger partial charge in [0.1, 0.15) is 6.61 Å². The van der Waals surface area contributed by atoms with E-state index in [1.54, 1.807) is 48.5 Å². The number of hydrogen-bond acceptors (Lipinski definition) is 3. The molecule has 0 bridgehead atoms. The van der Waals surface area contributed by atoms with Crippen LogP contribution in [0.1, 0.15) is 10.4 Å². The van der Waals surface area contributed by atoms with Crippen LogP contribution in [0.15, 0.2) is 67.3 Å². The number of ether oxygens (including phenoxy) is 2. The molecular weight excluding hydrogens is 263 g/mol. The molecule has 0 amide bonds. The molecule has 2 aromatic rings. The Labute approximate surface area is 140 Å². The van der Waals surface area contributed by atoms with Gasteiger partial charge in [-0.25, -0.2) is 4.79 Å². The van der Waals surface area contributed by atoms with E-state index in [1.807, 2.05) is 12.1 Å². The molecule has 0 aliphatic rings. The SMILES string of the molecule is C=CCOc1ccccc1OC(=O)c1ccccc1.[Na]. The van der Waals surface area contributed by atoms with Gasteiger partial charge >= 0.3 is 5.97 Å². The maximum atomic E-state index is 11.9. The van der Waals surface area contributed by atoms with Crippen molar-refractivity contribution in [3.05, 3.63) is 72.8 Å². The van der Waals surface area contributed by atoms with Crippen LogP contribution in [0.3, 0.4) is 0 Å². The fourth-order valence-electron chi connectivity index (χ4n) is 1.54. The number of rotatable bonds is 5. The minimum absolute atomic E-state index is 0. The van der Waals surface area contributed by atoms with Crippen molar-refractivity contribution in [2.24, 2.45) is 0 Å². The van der Waals surface area contributed by atoms with E-state index < -0.39 is 5.97 Å². The molecule has 0 saturated carbocycles. The molecule has 0 aromatic heterocycles. The van der Waals surface area contributed by atoms with Crippen LogP contribution in [0.2, 0.25) is 0 Å². The number of carbonyl (C=O) groups is 1. The van der Waals surface area contributed by atoms with Gasteiger partial charge in [-0.15, -0.1) is 0 Å². The van der Waals surface area contributed by atoms with Crippen LogP contribution in [-0.2, 0) is 0 Å². The molecule has 1 radical (unpaired) electrons. The molecular formula is C16H14NaO3. The first-order valence-corrected chi connectivity index (χ1v) is 5.91. The first-order valence-electron chi connectivity index (χ1n) is 5.91. The number of para-hydroxylation sites is 2. The topological polar surface area (TPSA) is 35.5 Å². The molecule has 2 aromatic carbocycles. The summed E-state index contributed by atoms with van der Waals surface area (Å²) >= 11 is 0. The number of esters is 1. The Bertz CT molecular complexity index is 567. The molecule has 0 N–H and O–H groups in total. The molecule has 97 valence electrons. The van der Waals surface area contributed by atoms with Gasteiger partial charge in [-0.2, -0.15) is 0 Å². The van der Waals surface area contributed by atoms with Gasteiger partial charge in [0.15, 0.2) is 11.5 Å². The Morgan fingerprint density at radius 1 is 1.00 bits per heavy atom. The minimum atomic E-state index is -0.407. The summed E-state index contributed by atoms with van der Waals surface area (Å²) in [4.78, 5) is 11.9. The largest absolute Gasteiger partial charge is 0.486 e. The minimum Gasteiger partial charge on any atom is -0.486 e. The monoisotopic (exact) mass is 277 g/mol. The van der Waals surface area contributed by atoms with Crippen LogP contribution in [0.4, 0.5) is 0 Å². The molecule has 0 heterocycles. The maximum absolute atomic E-state index is 11.9. The van der Waals surface area contributed by atoms with Crippen LogP contribution in [0, 0.1) is 0 Å². The van der Waals surface area contributed by atoms with E-state index in [0.717, 1.165) is 0 Å². The van der Waals surface area contributed by atoms with E-state index in [-0.39, 0.29) is 29.6 Å². The summed E-state index contributed by atoms with van der Waals surface area (Å²) in [6.45, 7) is 3.94. The molecule has 0 unspecified atom stereocenters. The summed E-state index contributed by atoms with van der Waals surface area (Å²) in [5.74, 6) is 0.514. The van der Waals surface area contributed by atoms with Gasteiger partial charge in [-0.3, -0.25) is 0 Å². The molecule has 2 rings (SSSR count). The van der Waals surface area contributed by atoms with Gasteiger partial charge in [-0.1, -0.05) is 43.0 Å². The van der Waals surface area contributed by atoms with E-state index in [4.69, 9.17) is 9.47 Å². The summed E-state index contributed by atoms with van der Waals surface area (Å²) in [6, 6.07) is 15.9. The molecule has 0 aliphatic heterocycles. The van der Waals surface area contributed by atoms with Crippen molar-refractivity contribution in [2.45, 2.75) is 0 Å². The third-order valence-corrected chi connectivity index (χ3v) is 2.42. The fourth-order valence-corrected chi connectivity index (χ4v) is 1.54. The van der Waals surface area contributed by atoms with Crippen molar-refractivity contribution >= 4 is 35.5 Å². The Hall–Kier alpha value is -1.55. The summed E-state index contributed by atoms with van der Waals surface area (Å²) in [7, 11) is 0. The van der Waals surface area contributed by atoms with Crippen molar-refractivity contribution in [1.82, 2.24) is 0 Å². The van der Waals surface area contributed by atoms with E-state index in [2.05, 4.69) is 6.58 Å². The quantitative estimate of drug-likeness (QED) is 0.364. The van der Waals surface area contributed by atoms with Crippen LogP contribution < -0.4 is 9.47 Å². The summed E-state index contributed by atoms with van der Waals surface area (Å²) in [6.07, 6.45) is 1.63. The molecule has 3 nitrogen and oxygen atoms in total. The summed E-state index contributed by atoms with van der Waals surface area (Å²) < 4.78 is 10.8. The van der Waals surface area contributed by atoms with Gasteiger partial charge in [0, 0.05) is 29.6 Å². The molecule has 0 fully saturated rings. The first kappa shape index (κ1) is 16.5. The van der Waals surface area contributed by atoms with Gasteiger partial charge < -0.3 is 9.47 Å². The zero-order valence-electron chi connectivity index (χ0n) is 11.4. The van der Waals surface area contributed by atoms with Gasteiger partial charge in [-0.05, 0) is 24.3 Å². The van der Waals surface area contributed by atoms with Crippen LogP contribution in [0.5, 0.6) is 11.5 Å². The average molecular weight is 277 g/mol. The van der Waals surface area contributed by atoms with E-state index in [0.29, 0.717) is 23.7 Å². The Morgan fingerprint density at radius 2 is 1.60 bits per heavy atom. The maximum Gasteiger partial charge on any atom is 0.343 e. The fraction of sp³-hybridized carbons (Fsp3) is 0.0625. The zero-order chi connectivity index (χ0) is 13.5. The Balaban J connectivity index is 0.00000200. The molecule has 0 saturated heterocycles. The van der Waals surface area contributed by atoms with Crippen molar-refractivity contribution in [3.8, 4) is 11.5 Å². The van der Waals surface area contributed by atoms with Gasteiger partial charge in [0.2, 0.25) is 0 Å². The molecule has 0 spiro atoms. The third kappa shape index (κ3) is 4.53. The average Bonchev–Trinajstić information content (AvgIpc) is 2.47.